The summed E-state index contributed by atoms with van der Waals surface area (Å²) in [7, 11) is 0. The van der Waals surface area contributed by atoms with Crippen LogP contribution in [0.25, 0.3) is 0 Å². The van der Waals surface area contributed by atoms with E-state index in [-0.39, 0.29) is 34.9 Å². The maximum Gasteiger partial charge on any atom is 0.317 e. The standard InChI is InChI=1S/C12H13N2O2.C5H5.Fe/c1-7-10(8(2)15)11(14-12(16)13-7)9-5-3-4-6-9;1-2-4-5-3-1;/h3-6,11H,1-2H3,(H2,13,14,16);1-5H;/q-5;-1;. The SMILES string of the molecule is CC(=O)C1=C(C)NC(=O)NC1[c-]1[cH-][cH-][cH-][cH-]1.[Fe].c1cc[cH-]c1. The van der Waals surface area contributed by atoms with Crippen molar-refractivity contribution in [1.82, 2.24) is 10.6 Å². The van der Waals surface area contributed by atoms with Crippen molar-refractivity contribution in [2.24, 2.45) is 0 Å². The van der Waals surface area contributed by atoms with Crippen LogP contribution in [0.1, 0.15) is 25.5 Å². The Bertz CT molecular complexity index is 610. The summed E-state index contributed by atoms with van der Waals surface area (Å²) in [6.07, 6.45) is 0. The minimum Gasteiger partial charge on any atom is -0.747 e. The minimum atomic E-state index is -0.332. The van der Waals surface area contributed by atoms with E-state index < -0.39 is 0 Å². The number of hydrogen-bond acceptors (Lipinski definition) is 2. The number of allylic oxidation sites excluding steroid dienone is 1. The second-order valence-corrected chi connectivity index (χ2v) is 4.81. The van der Waals surface area contributed by atoms with E-state index >= 15 is 0 Å². The number of amides is 2. The fourth-order valence-corrected chi connectivity index (χ4v) is 2.31. The molecule has 5 heteroatoms. The summed E-state index contributed by atoms with van der Waals surface area (Å²) in [5.74, 6) is -0.0313. The van der Waals surface area contributed by atoms with Gasteiger partial charge in [-0.15, -0.1) is 0 Å². The Morgan fingerprint density at radius 3 is 2.27 bits per heavy atom. The van der Waals surface area contributed by atoms with Gasteiger partial charge in [-0.3, -0.25) is 4.79 Å². The molecule has 0 saturated carbocycles. The number of carbonyl (C=O) groups is 2. The normalized spacial score (nSPS) is 16.6. The van der Waals surface area contributed by atoms with Crippen LogP contribution in [0, 0.1) is 0 Å². The first-order valence-electron chi connectivity index (χ1n) is 6.77. The molecule has 2 amide bonds. The van der Waals surface area contributed by atoms with Gasteiger partial charge in [0.1, 0.15) is 0 Å². The quantitative estimate of drug-likeness (QED) is 0.653. The molecular weight excluding hydrogens is 320 g/mol. The van der Waals surface area contributed by atoms with Crippen molar-refractivity contribution in [2.45, 2.75) is 19.9 Å². The summed E-state index contributed by atoms with van der Waals surface area (Å²) < 4.78 is 0. The van der Waals surface area contributed by atoms with Gasteiger partial charge < -0.3 is 40.5 Å². The molecule has 1 heterocycles. The first kappa shape index (κ1) is 17.9. The summed E-state index contributed by atoms with van der Waals surface area (Å²) in [5, 5.41) is 5.36. The van der Waals surface area contributed by atoms with E-state index in [2.05, 4.69) is 10.6 Å². The Kier molecular flexibility index (Phi) is 6.83. The van der Waals surface area contributed by atoms with E-state index in [9.17, 15) is 9.59 Å². The van der Waals surface area contributed by atoms with Crippen LogP contribution in [0.3, 0.4) is 0 Å². The number of hydrogen-bond donors (Lipinski definition) is 2. The monoisotopic (exact) mass is 338 g/mol. The maximum atomic E-state index is 11.6. The summed E-state index contributed by atoms with van der Waals surface area (Å²) >= 11 is 0. The van der Waals surface area contributed by atoms with Crippen molar-refractivity contribution in [2.75, 3.05) is 0 Å². The molecule has 0 aromatic heterocycles. The van der Waals surface area contributed by atoms with Gasteiger partial charge in [-0.25, -0.2) is 16.9 Å². The van der Waals surface area contributed by atoms with E-state index in [4.69, 9.17) is 0 Å². The minimum absolute atomic E-state index is 0. The second kappa shape index (κ2) is 8.37. The fraction of sp³-hybridized carbons (Fsp3) is 0.176. The summed E-state index contributed by atoms with van der Waals surface area (Å²) in [6.45, 7) is 3.25. The Balaban J connectivity index is 0.000000344. The van der Waals surface area contributed by atoms with Gasteiger partial charge in [0, 0.05) is 28.3 Å². The first-order valence-corrected chi connectivity index (χ1v) is 6.77. The molecule has 1 aliphatic heterocycles. The second-order valence-electron chi connectivity index (χ2n) is 4.81. The number of ketones is 1. The molecule has 122 valence electrons. The number of carbonyl (C=O) groups excluding carboxylic acids is 2. The van der Waals surface area contributed by atoms with Gasteiger partial charge >= 0.3 is 6.03 Å². The van der Waals surface area contributed by atoms with Gasteiger partial charge in [0.25, 0.3) is 0 Å². The Morgan fingerprint density at radius 1 is 1.23 bits per heavy atom. The topological polar surface area (TPSA) is 58.2 Å². The molecule has 0 spiro atoms. The average molecular weight is 338 g/mol. The van der Waals surface area contributed by atoms with E-state index in [0.29, 0.717) is 11.3 Å². The van der Waals surface area contributed by atoms with E-state index in [1.807, 2.05) is 54.6 Å². The van der Waals surface area contributed by atoms with Gasteiger partial charge in [0.2, 0.25) is 0 Å². The van der Waals surface area contributed by atoms with Crippen LogP contribution in [-0.4, -0.2) is 11.8 Å². The molecule has 1 unspecified atom stereocenters. The third kappa shape index (κ3) is 4.45. The molecule has 3 rings (SSSR count). The zero-order valence-corrected chi connectivity index (χ0v) is 13.5. The largest absolute Gasteiger partial charge is 0.747 e. The maximum absolute atomic E-state index is 11.6. The third-order valence-electron chi connectivity index (χ3n) is 3.23. The van der Waals surface area contributed by atoms with Crippen LogP contribution < -0.4 is 10.6 Å². The van der Waals surface area contributed by atoms with E-state index in [1.54, 1.807) is 6.92 Å². The molecule has 2 aromatic rings. The molecule has 22 heavy (non-hydrogen) atoms. The van der Waals surface area contributed by atoms with Crippen molar-refractivity contribution in [3.8, 4) is 0 Å². The predicted octanol–water partition coefficient (Wildman–Crippen LogP) is 3.03. The molecular formula is C17H18FeN2O2-6. The van der Waals surface area contributed by atoms with Gasteiger partial charge in [-0.2, -0.15) is 18.2 Å². The summed E-state index contributed by atoms with van der Waals surface area (Å²) in [4.78, 5) is 23.0. The molecule has 1 atom stereocenters. The molecule has 0 aliphatic carbocycles. The van der Waals surface area contributed by atoms with Crippen molar-refractivity contribution < 1.29 is 26.7 Å². The molecule has 0 bridgehead atoms. The third-order valence-corrected chi connectivity index (χ3v) is 3.23. The van der Waals surface area contributed by atoms with Gasteiger partial charge in [-0.05, 0) is 13.8 Å². The summed E-state index contributed by atoms with van der Waals surface area (Å²) in [5.41, 5.74) is 2.17. The molecule has 2 N–H and O–H groups in total. The Morgan fingerprint density at radius 2 is 1.82 bits per heavy atom. The number of nitrogens with one attached hydrogen (secondary N) is 2. The molecule has 2 aromatic carbocycles. The average Bonchev–Trinajstić information content (AvgIpc) is 3.14. The molecule has 0 fully saturated rings. The zero-order chi connectivity index (χ0) is 15.2. The number of urea groups is 1. The predicted molar refractivity (Wildman–Crippen MR) is 81.9 cm³/mol. The molecule has 4 nitrogen and oxygen atoms in total. The van der Waals surface area contributed by atoms with Crippen molar-refractivity contribution in [3.63, 3.8) is 0 Å². The Hall–Kier alpha value is -2.10. The van der Waals surface area contributed by atoms with E-state index in [0.717, 1.165) is 5.56 Å². The number of Topliss-reactive ketones (excluding diaryl/α,β-unsaturated/α-hetero) is 1. The van der Waals surface area contributed by atoms with Crippen molar-refractivity contribution >= 4 is 11.8 Å². The van der Waals surface area contributed by atoms with Crippen LogP contribution in [0.4, 0.5) is 4.79 Å². The first-order chi connectivity index (χ1) is 10.1. The van der Waals surface area contributed by atoms with Crippen molar-refractivity contribution in [3.05, 3.63) is 71.4 Å². The van der Waals surface area contributed by atoms with Crippen molar-refractivity contribution in [1.29, 1.82) is 0 Å². The van der Waals surface area contributed by atoms with E-state index in [1.165, 1.54) is 6.92 Å². The zero-order valence-electron chi connectivity index (χ0n) is 12.4. The van der Waals surface area contributed by atoms with Gasteiger partial charge in [-0.1, -0.05) is 6.04 Å². The fourth-order valence-electron chi connectivity index (χ4n) is 2.31. The van der Waals surface area contributed by atoms with Crippen LogP contribution in [-0.2, 0) is 21.9 Å². The van der Waals surface area contributed by atoms with Crippen LogP contribution >= 0.6 is 0 Å². The molecule has 0 radical (unpaired) electrons. The smallest absolute Gasteiger partial charge is 0.317 e. The van der Waals surface area contributed by atoms with Crippen LogP contribution in [0.15, 0.2) is 65.9 Å². The molecule has 1 aliphatic rings. The van der Waals surface area contributed by atoms with Gasteiger partial charge in [0.05, 0.1) is 0 Å². The van der Waals surface area contributed by atoms with Gasteiger partial charge in [0.15, 0.2) is 5.78 Å². The van der Waals surface area contributed by atoms with Crippen LogP contribution in [0.5, 0.6) is 0 Å². The van der Waals surface area contributed by atoms with Crippen LogP contribution in [0.2, 0.25) is 0 Å². The number of rotatable bonds is 2. The Labute approximate surface area is 140 Å². The molecule has 0 saturated heterocycles. The summed E-state index contributed by atoms with van der Waals surface area (Å²) in [6, 6.07) is 17.0.